The minimum absolute atomic E-state index is 0.0134. The molecular weight excluding hydrogens is 556 g/mol. The molecule has 1 aromatic carbocycles. The highest BCUT2D eigenvalue weighted by molar-refractivity contribution is 7.91. The van der Waals surface area contributed by atoms with Gasteiger partial charge in [0.2, 0.25) is 10.0 Å². The average molecular weight is 585 g/mol. The predicted molar refractivity (Wildman–Crippen MR) is 138 cm³/mol. The van der Waals surface area contributed by atoms with Gasteiger partial charge in [0.25, 0.3) is 15.9 Å². The van der Waals surface area contributed by atoms with Crippen LogP contribution >= 0.6 is 11.3 Å². The molecule has 2 saturated heterocycles. The summed E-state index contributed by atoms with van der Waals surface area (Å²) in [4.78, 5) is 19.1. The number of benzene rings is 1. The van der Waals surface area contributed by atoms with E-state index in [1.165, 1.54) is 6.07 Å². The van der Waals surface area contributed by atoms with E-state index in [1.54, 1.807) is 30.3 Å². The van der Waals surface area contributed by atoms with Gasteiger partial charge in [-0.15, -0.1) is 11.3 Å². The average Bonchev–Trinajstić information content (AvgIpc) is 3.42. The van der Waals surface area contributed by atoms with Crippen LogP contribution < -0.4 is 10.2 Å². The smallest absolute Gasteiger partial charge is 0.263 e. The van der Waals surface area contributed by atoms with Gasteiger partial charge in [0.1, 0.15) is 22.1 Å². The number of thiophene rings is 1. The quantitative estimate of drug-likeness (QED) is 0.432. The molecule has 0 aliphatic carbocycles. The molecule has 1 unspecified atom stereocenters. The summed E-state index contributed by atoms with van der Waals surface area (Å²) < 4.78 is 64.5. The summed E-state index contributed by atoms with van der Waals surface area (Å²) in [5.41, 5.74) is 3.03. The number of nitriles is 1. The fourth-order valence-corrected chi connectivity index (χ4v) is 7.94. The number of sulfonamides is 2. The van der Waals surface area contributed by atoms with E-state index in [4.69, 9.17) is 19.6 Å². The van der Waals surface area contributed by atoms with E-state index < -0.39 is 38.3 Å². The number of ether oxygens (including phenoxy) is 2. The number of carbonyl (C=O) groups is 1. The van der Waals surface area contributed by atoms with Crippen molar-refractivity contribution in [3.63, 3.8) is 0 Å². The summed E-state index contributed by atoms with van der Waals surface area (Å²) in [5, 5.41) is 8.64. The first-order valence-corrected chi connectivity index (χ1v) is 15.9. The van der Waals surface area contributed by atoms with E-state index in [9.17, 15) is 21.6 Å². The van der Waals surface area contributed by atoms with Crippen LogP contribution in [0.4, 0.5) is 0 Å². The third-order valence-electron chi connectivity index (χ3n) is 6.08. The predicted octanol–water partition coefficient (Wildman–Crippen LogP) is 1.53. The third kappa shape index (κ3) is 6.70. The number of hydrogen-bond acceptors (Lipinski definition) is 10. The fraction of sp³-hybridized carbons (Fsp3) is 0.478. The topological polar surface area (TPSA) is 155 Å². The number of hydrogen-bond donors (Lipinski definition) is 1. The lowest BCUT2D eigenvalue weighted by atomic mass is 10.2. The molecule has 0 saturated carbocycles. The lowest BCUT2D eigenvalue weighted by Crippen LogP contribution is -2.61. The largest absolute Gasteiger partial charge is 0.479 e. The Labute approximate surface area is 225 Å². The number of amides is 1. The Morgan fingerprint density at radius 3 is 2.58 bits per heavy atom. The molecule has 1 amide bonds. The second kappa shape index (κ2) is 12.1. The highest BCUT2D eigenvalue weighted by Crippen LogP contribution is 2.34. The molecule has 4 rings (SSSR count). The first kappa shape index (κ1) is 28.4. The Kier molecular flexibility index (Phi) is 9.04. The van der Waals surface area contributed by atoms with Gasteiger partial charge in [-0.25, -0.2) is 27.2 Å². The SMILES string of the molecule is CS(=O)(=O)N1CCN(S(=O)(=O)c2ccc(-c3ccc(OCC#N)cc3)s2)[C@@H](C(=O)NOC2CCCCO2)C1. The van der Waals surface area contributed by atoms with Gasteiger partial charge in [-0.05, 0) is 54.8 Å². The van der Waals surface area contributed by atoms with Crippen molar-refractivity contribution in [2.24, 2.45) is 0 Å². The van der Waals surface area contributed by atoms with Gasteiger partial charge >= 0.3 is 0 Å². The van der Waals surface area contributed by atoms with Crippen molar-refractivity contribution in [1.29, 1.82) is 5.26 Å². The number of carbonyl (C=O) groups excluding carboxylic acids is 1. The number of nitrogens with zero attached hydrogens (tertiary/aromatic N) is 3. The van der Waals surface area contributed by atoms with Crippen molar-refractivity contribution in [3.8, 4) is 22.3 Å². The summed E-state index contributed by atoms with van der Waals surface area (Å²) >= 11 is 1.03. The van der Waals surface area contributed by atoms with Gasteiger partial charge < -0.3 is 9.47 Å². The van der Waals surface area contributed by atoms with Crippen LogP contribution in [-0.4, -0.2) is 82.8 Å². The van der Waals surface area contributed by atoms with Gasteiger partial charge in [0, 0.05) is 37.5 Å². The van der Waals surface area contributed by atoms with Crippen molar-refractivity contribution in [2.75, 3.05) is 39.1 Å². The van der Waals surface area contributed by atoms with Gasteiger partial charge in [0.15, 0.2) is 12.9 Å². The zero-order valence-corrected chi connectivity index (χ0v) is 23.1. The lowest BCUT2D eigenvalue weighted by molar-refractivity contribution is -0.202. The normalized spacial score (nSPS) is 21.5. The Bertz CT molecular complexity index is 1380. The van der Waals surface area contributed by atoms with E-state index in [2.05, 4.69) is 5.48 Å². The summed E-state index contributed by atoms with van der Waals surface area (Å²) in [6.07, 6.45) is 2.69. The first-order valence-electron chi connectivity index (χ1n) is 11.8. The van der Waals surface area contributed by atoms with Crippen LogP contribution in [0.15, 0.2) is 40.6 Å². The molecule has 0 spiro atoms. The Hall–Kier alpha value is -2.58. The molecular formula is C23H28N4O8S3. The molecule has 2 aliphatic rings. The molecule has 2 aromatic rings. The molecule has 1 N–H and O–H groups in total. The maximum absolute atomic E-state index is 13.7. The van der Waals surface area contributed by atoms with Crippen molar-refractivity contribution >= 4 is 37.3 Å². The first-order chi connectivity index (χ1) is 18.1. The summed E-state index contributed by atoms with van der Waals surface area (Å²) in [7, 11) is -7.82. The van der Waals surface area contributed by atoms with Gasteiger partial charge in [0.05, 0.1) is 6.26 Å². The summed E-state index contributed by atoms with van der Waals surface area (Å²) in [5.74, 6) is -0.265. The second-order valence-corrected chi connectivity index (χ2v) is 13.9. The standard InChI is InChI=1S/C23H28N4O8S3/c1-37(29,30)26-12-13-27(19(16-26)23(28)25-35-21-4-2-3-14-34-21)38(31,32)22-10-9-20(36-22)17-5-7-18(8-6-17)33-15-11-24/h5-10,19,21H,2-4,12-16H2,1H3,(H,25,28)/t19-,21?/m1/s1. The maximum atomic E-state index is 13.7. The third-order valence-corrected chi connectivity index (χ3v) is 10.9. The number of hydroxylamine groups is 1. The molecule has 0 bridgehead atoms. The Morgan fingerprint density at radius 1 is 1.16 bits per heavy atom. The summed E-state index contributed by atoms with van der Waals surface area (Å²) in [6.45, 7) is -0.229. The van der Waals surface area contributed by atoms with Crippen LogP contribution in [0.1, 0.15) is 19.3 Å². The molecule has 2 atom stereocenters. The minimum atomic E-state index is -4.15. The van der Waals surface area contributed by atoms with Gasteiger partial charge in [-0.2, -0.15) is 13.9 Å². The molecule has 0 radical (unpaired) electrons. The van der Waals surface area contributed by atoms with Crippen LogP contribution in [0.5, 0.6) is 5.75 Å². The van der Waals surface area contributed by atoms with Crippen LogP contribution in [0.3, 0.4) is 0 Å². The molecule has 12 nitrogen and oxygen atoms in total. The second-order valence-electron chi connectivity index (χ2n) is 8.72. The summed E-state index contributed by atoms with van der Waals surface area (Å²) in [6, 6.07) is 10.5. The van der Waals surface area contributed by atoms with E-state index >= 15 is 0 Å². The van der Waals surface area contributed by atoms with Crippen molar-refractivity contribution in [1.82, 2.24) is 14.1 Å². The maximum Gasteiger partial charge on any atom is 0.263 e. The van der Waals surface area contributed by atoms with Crippen molar-refractivity contribution in [3.05, 3.63) is 36.4 Å². The van der Waals surface area contributed by atoms with Gasteiger partial charge in [-0.1, -0.05) is 0 Å². The lowest BCUT2D eigenvalue weighted by Gasteiger charge is -2.38. The number of piperazine rings is 1. The molecule has 3 heterocycles. The molecule has 38 heavy (non-hydrogen) atoms. The van der Waals surface area contributed by atoms with Crippen LogP contribution in [0.2, 0.25) is 0 Å². The van der Waals surface area contributed by atoms with Crippen LogP contribution in [0, 0.1) is 11.3 Å². The molecule has 15 heteroatoms. The van der Waals surface area contributed by atoms with E-state index in [1.807, 2.05) is 6.07 Å². The Balaban J connectivity index is 1.54. The van der Waals surface area contributed by atoms with Gasteiger partial charge in [-0.3, -0.25) is 4.79 Å². The number of nitrogens with one attached hydrogen (secondary N) is 1. The molecule has 2 aliphatic heterocycles. The van der Waals surface area contributed by atoms with E-state index in [-0.39, 0.29) is 30.5 Å². The van der Waals surface area contributed by atoms with E-state index in [0.717, 1.165) is 44.6 Å². The molecule has 1 aromatic heterocycles. The highest BCUT2D eigenvalue weighted by Gasteiger charge is 2.43. The zero-order valence-electron chi connectivity index (χ0n) is 20.6. The van der Waals surface area contributed by atoms with E-state index in [0.29, 0.717) is 23.7 Å². The molecule has 2 fully saturated rings. The van der Waals surface area contributed by atoms with Crippen molar-refractivity contribution in [2.45, 2.75) is 35.8 Å². The van der Waals surface area contributed by atoms with Crippen LogP contribution in [-0.2, 0) is 34.4 Å². The molecule has 206 valence electrons. The van der Waals surface area contributed by atoms with Crippen molar-refractivity contribution < 1.29 is 35.9 Å². The minimum Gasteiger partial charge on any atom is -0.479 e. The fourth-order valence-electron chi connectivity index (χ4n) is 4.10. The zero-order chi connectivity index (χ0) is 27.3. The number of rotatable bonds is 9. The van der Waals surface area contributed by atoms with Crippen LogP contribution in [0.25, 0.3) is 10.4 Å². The highest BCUT2D eigenvalue weighted by atomic mass is 32.2. The Morgan fingerprint density at radius 2 is 1.92 bits per heavy atom. The monoisotopic (exact) mass is 584 g/mol.